The summed E-state index contributed by atoms with van der Waals surface area (Å²) in [5.74, 6) is -1.04. The summed E-state index contributed by atoms with van der Waals surface area (Å²) in [6.07, 6.45) is 3.56. The molecule has 7 heteroatoms. The Morgan fingerprint density at radius 1 is 1.33 bits per heavy atom. The average Bonchev–Trinajstić information content (AvgIpc) is 3.07. The molecule has 0 radical (unpaired) electrons. The number of aromatic carboxylic acids is 1. The lowest BCUT2D eigenvalue weighted by molar-refractivity contribution is 0.0689. The van der Waals surface area contributed by atoms with Crippen LogP contribution in [-0.2, 0) is 7.05 Å². The van der Waals surface area contributed by atoms with Crippen molar-refractivity contribution >= 4 is 21.9 Å². The predicted molar refractivity (Wildman–Crippen MR) is 80.4 cm³/mol. The molecular formula is C14H11BrN4O2. The molecule has 0 aliphatic rings. The number of carboxylic acids is 1. The second-order valence-electron chi connectivity index (χ2n) is 4.46. The fraction of sp³-hybridized carbons (Fsp3) is 0.0714. The minimum Gasteiger partial charge on any atom is -0.476 e. The van der Waals surface area contributed by atoms with Crippen LogP contribution < -0.4 is 0 Å². The SMILES string of the molecule is Cn1nc(C(=O)O)cc1-c1ccc(-n2cccn2)c(Br)c1. The fourth-order valence-electron chi connectivity index (χ4n) is 2.11. The van der Waals surface area contributed by atoms with E-state index < -0.39 is 5.97 Å². The third-order valence-corrected chi connectivity index (χ3v) is 3.73. The zero-order chi connectivity index (χ0) is 15.0. The molecule has 0 unspecified atom stereocenters. The highest BCUT2D eigenvalue weighted by atomic mass is 79.9. The lowest BCUT2D eigenvalue weighted by atomic mass is 10.1. The maximum Gasteiger partial charge on any atom is 0.356 e. The van der Waals surface area contributed by atoms with Crippen molar-refractivity contribution in [1.29, 1.82) is 0 Å². The Balaban J connectivity index is 2.05. The van der Waals surface area contributed by atoms with E-state index in [1.54, 1.807) is 28.7 Å². The summed E-state index contributed by atoms with van der Waals surface area (Å²) in [6.45, 7) is 0. The summed E-state index contributed by atoms with van der Waals surface area (Å²) in [7, 11) is 1.72. The number of aromatic nitrogens is 4. The molecule has 0 aliphatic heterocycles. The fourth-order valence-corrected chi connectivity index (χ4v) is 2.67. The average molecular weight is 347 g/mol. The third-order valence-electron chi connectivity index (χ3n) is 3.09. The lowest BCUT2D eigenvalue weighted by Crippen LogP contribution is -1.99. The molecule has 106 valence electrons. The number of nitrogens with zero attached hydrogens (tertiary/aromatic N) is 4. The van der Waals surface area contributed by atoms with Crippen molar-refractivity contribution in [2.24, 2.45) is 7.05 Å². The molecule has 0 bridgehead atoms. The second kappa shape index (κ2) is 5.17. The van der Waals surface area contributed by atoms with Crippen molar-refractivity contribution in [3.8, 4) is 16.9 Å². The van der Waals surface area contributed by atoms with E-state index in [2.05, 4.69) is 26.1 Å². The van der Waals surface area contributed by atoms with Gasteiger partial charge in [0.25, 0.3) is 0 Å². The summed E-state index contributed by atoms with van der Waals surface area (Å²) in [4.78, 5) is 11.0. The monoisotopic (exact) mass is 346 g/mol. The van der Waals surface area contributed by atoms with Gasteiger partial charge in [0.05, 0.1) is 11.4 Å². The molecule has 0 amide bonds. The van der Waals surface area contributed by atoms with Crippen molar-refractivity contribution < 1.29 is 9.90 Å². The Bertz CT molecular complexity index is 809. The number of carboxylic acid groups (broad SMARTS) is 1. The van der Waals surface area contributed by atoms with E-state index in [1.807, 2.05) is 30.5 Å². The number of benzene rings is 1. The van der Waals surface area contributed by atoms with Crippen LogP contribution in [0, 0.1) is 0 Å². The van der Waals surface area contributed by atoms with Crippen LogP contribution in [0.2, 0.25) is 0 Å². The molecule has 3 aromatic rings. The molecule has 6 nitrogen and oxygen atoms in total. The summed E-state index contributed by atoms with van der Waals surface area (Å²) in [5, 5.41) is 17.2. The molecular weight excluding hydrogens is 336 g/mol. The molecule has 0 fully saturated rings. The van der Waals surface area contributed by atoms with Gasteiger partial charge in [-0.2, -0.15) is 10.2 Å². The van der Waals surface area contributed by atoms with Crippen LogP contribution in [0.4, 0.5) is 0 Å². The van der Waals surface area contributed by atoms with Crippen molar-refractivity contribution in [1.82, 2.24) is 19.6 Å². The van der Waals surface area contributed by atoms with Gasteiger partial charge in [-0.3, -0.25) is 4.68 Å². The Labute approximate surface area is 128 Å². The minimum atomic E-state index is -1.04. The number of carbonyl (C=O) groups is 1. The van der Waals surface area contributed by atoms with E-state index in [9.17, 15) is 4.79 Å². The second-order valence-corrected chi connectivity index (χ2v) is 5.31. The van der Waals surface area contributed by atoms with Crippen molar-refractivity contribution in [2.75, 3.05) is 0 Å². The largest absolute Gasteiger partial charge is 0.476 e. The first-order valence-electron chi connectivity index (χ1n) is 6.13. The predicted octanol–water partition coefficient (Wildman–Crippen LogP) is 2.73. The number of rotatable bonds is 3. The molecule has 0 aliphatic carbocycles. The van der Waals surface area contributed by atoms with Crippen LogP contribution in [0.25, 0.3) is 16.9 Å². The van der Waals surface area contributed by atoms with E-state index >= 15 is 0 Å². The van der Waals surface area contributed by atoms with Crippen LogP contribution in [0.15, 0.2) is 47.2 Å². The molecule has 1 aromatic carbocycles. The molecule has 0 atom stereocenters. The highest BCUT2D eigenvalue weighted by Crippen LogP contribution is 2.28. The van der Waals surface area contributed by atoms with Gasteiger partial charge in [-0.1, -0.05) is 6.07 Å². The summed E-state index contributed by atoms with van der Waals surface area (Å²) in [6, 6.07) is 9.14. The Morgan fingerprint density at radius 3 is 2.71 bits per heavy atom. The highest BCUT2D eigenvalue weighted by Gasteiger charge is 2.14. The first-order valence-corrected chi connectivity index (χ1v) is 6.93. The van der Waals surface area contributed by atoms with Gasteiger partial charge in [0, 0.05) is 29.5 Å². The van der Waals surface area contributed by atoms with E-state index in [1.165, 1.54) is 0 Å². The maximum atomic E-state index is 11.0. The summed E-state index contributed by atoms with van der Waals surface area (Å²) >= 11 is 3.52. The van der Waals surface area contributed by atoms with Crippen molar-refractivity contribution in [3.05, 3.63) is 52.9 Å². The smallest absolute Gasteiger partial charge is 0.356 e. The van der Waals surface area contributed by atoms with Gasteiger partial charge in [-0.05, 0) is 40.2 Å². The highest BCUT2D eigenvalue weighted by molar-refractivity contribution is 9.10. The molecule has 2 aromatic heterocycles. The molecule has 0 spiro atoms. The minimum absolute atomic E-state index is 0.0276. The van der Waals surface area contributed by atoms with Gasteiger partial charge < -0.3 is 5.11 Å². The van der Waals surface area contributed by atoms with Crippen LogP contribution in [-0.4, -0.2) is 30.6 Å². The zero-order valence-corrected chi connectivity index (χ0v) is 12.6. The number of hydrogen-bond acceptors (Lipinski definition) is 3. The van der Waals surface area contributed by atoms with E-state index in [4.69, 9.17) is 5.11 Å². The molecule has 21 heavy (non-hydrogen) atoms. The van der Waals surface area contributed by atoms with Crippen molar-refractivity contribution in [3.63, 3.8) is 0 Å². The van der Waals surface area contributed by atoms with Crippen LogP contribution >= 0.6 is 15.9 Å². The van der Waals surface area contributed by atoms with Crippen LogP contribution in [0.5, 0.6) is 0 Å². The maximum absolute atomic E-state index is 11.0. The van der Waals surface area contributed by atoms with Gasteiger partial charge in [0.2, 0.25) is 0 Å². The summed E-state index contributed by atoms with van der Waals surface area (Å²) < 4.78 is 4.17. The Morgan fingerprint density at radius 2 is 2.14 bits per heavy atom. The van der Waals surface area contributed by atoms with Gasteiger partial charge in [-0.15, -0.1) is 0 Å². The molecule has 1 N–H and O–H groups in total. The quantitative estimate of drug-likeness (QED) is 0.791. The normalized spacial score (nSPS) is 10.8. The standard InChI is InChI=1S/C14H11BrN4O2/c1-18-13(8-11(17-18)14(20)21)9-3-4-12(10(15)7-9)19-6-2-5-16-19/h2-8H,1H3,(H,20,21). The van der Waals surface area contributed by atoms with E-state index in [-0.39, 0.29) is 5.69 Å². The topological polar surface area (TPSA) is 72.9 Å². The molecule has 3 rings (SSSR count). The molecule has 2 heterocycles. The van der Waals surface area contributed by atoms with E-state index in [0.29, 0.717) is 0 Å². The van der Waals surface area contributed by atoms with Gasteiger partial charge in [0.15, 0.2) is 5.69 Å². The molecule has 0 saturated carbocycles. The van der Waals surface area contributed by atoms with Crippen LogP contribution in [0.3, 0.4) is 0 Å². The van der Waals surface area contributed by atoms with Crippen LogP contribution in [0.1, 0.15) is 10.5 Å². The van der Waals surface area contributed by atoms with E-state index in [0.717, 1.165) is 21.4 Å². The van der Waals surface area contributed by atoms with Gasteiger partial charge in [-0.25, -0.2) is 9.48 Å². The first kappa shape index (κ1) is 13.6. The number of hydrogen-bond donors (Lipinski definition) is 1. The van der Waals surface area contributed by atoms with Crippen molar-refractivity contribution in [2.45, 2.75) is 0 Å². The zero-order valence-electron chi connectivity index (χ0n) is 11.1. The lowest BCUT2D eigenvalue weighted by Gasteiger charge is -2.07. The molecule has 0 saturated heterocycles. The first-order chi connectivity index (χ1) is 10.1. The number of halogens is 1. The van der Waals surface area contributed by atoms with Gasteiger partial charge >= 0.3 is 5.97 Å². The Kier molecular flexibility index (Phi) is 3.34. The summed E-state index contributed by atoms with van der Waals surface area (Å²) in [5.41, 5.74) is 2.55. The van der Waals surface area contributed by atoms with Gasteiger partial charge in [0.1, 0.15) is 0 Å². The Hall–Kier alpha value is -2.41. The number of aryl methyl sites for hydroxylation is 1. The third kappa shape index (κ3) is 2.47.